The summed E-state index contributed by atoms with van der Waals surface area (Å²) in [6.07, 6.45) is 9.59. The first kappa shape index (κ1) is 12.2. The van der Waals surface area contributed by atoms with Crippen LogP contribution in [0.5, 0.6) is 0 Å². The lowest BCUT2D eigenvalue weighted by Crippen LogP contribution is -2.32. The van der Waals surface area contributed by atoms with Gasteiger partial charge in [-0.1, -0.05) is 15.9 Å². The van der Waals surface area contributed by atoms with Crippen LogP contribution in [-0.4, -0.2) is 5.33 Å². The molecule has 2 heterocycles. The van der Waals surface area contributed by atoms with Gasteiger partial charge in [0.25, 0.3) is 0 Å². The summed E-state index contributed by atoms with van der Waals surface area (Å²) in [5.74, 6) is 0. The summed E-state index contributed by atoms with van der Waals surface area (Å²) in [6.45, 7) is 1.06. The Kier molecular flexibility index (Phi) is 4.26. The molecular weight excluding hydrogens is 276 g/mol. The zero-order chi connectivity index (χ0) is 12.1. The van der Waals surface area contributed by atoms with Gasteiger partial charge in [-0.3, -0.25) is 0 Å². The van der Waals surface area contributed by atoms with Gasteiger partial charge in [0.2, 0.25) is 0 Å². The molecule has 2 aromatic rings. The lowest BCUT2D eigenvalue weighted by atomic mass is 10.1. The molecule has 0 atom stereocenters. The van der Waals surface area contributed by atoms with E-state index in [1.54, 1.807) is 0 Å². The summed E-state index contributed by atoms with van der Waals surface area (Å²) in [5.41, 5.74) is 2.52. The highest BCUT2D eigenvalue weighted by Crippen LogP contribution is 2.15. The molecule has 0 aromatic carbocycles. The number of hydrogen-bond donors (Lipinski definition) is 0. The molecule has 0 aliphatic heterocycles. The molecule has 0 saturated heterocycles. The summed E-state index contributed by atoms with van der Waals surface area (Å²) in [6, 6.07) is 8.61. The topological polar surface area (TPSA) is 7.76 Å². The van der Waals surface area contributed by atoms with E-state index in [9.17, 15) is 0 Å². The monoisotopic (exact) mass is 292 g/mol. The summed E-state index contributed by atoms with van der Waals surface area (Å²) in [4.78, 5) is 0. The highest BCUT2D eigenvalue weighted by Gasteiger charge is 2.03. The maximum absolute atomic E-state index is 3.45. The molecule has 3 heteroatoms. The Hall–Kier alpha value is -1.22. The second-order valence-electron chi connectivity index (χ2n) is 4.12. The van der Waals surface area contributed by atoms with Gasteiger partial charge >= 0.3 is 0 Å². The molecule has 0 unspecified atom stereocenters. The largest absolute Gasteiger partial charge is 0.208 e. The minimum absolute atomic E-state index is 1.05. The maximum Gasteiger partial charge on any atom is 0.169 e. The summed E-state index contributed by atoms with van der Waals surface area (Å²) in [7, 11) is 2.03. The van der Waals surface area contributed by atoms with E-state index >= 15 is 0 Å². The first-order valence-electron chi connectivity index (χ1n) is 5.80. The van der Waals surface area contributed by atoms with Gasteiger partial charge in [0.1, 0.15) is 13.6 Å². The van der Waals surface area contributed by atoms with E-state index in [0.717, 1.165) is 18.3 Å². The van der Waals surface area contributed by atoms with Crippen molar-refractivity contribution in [2.75, 3.05) is 5.33 Å². The van der Waals surface area contributed by atoms with Crippen LogP contribution in [0.25, 0.3) is 11.1 Å². The normalized spacial score (nSPS) is 10.5. The van der Waals surface area contributed by atoms with Gasteiger partial charge in [-0.25, -0.2) is 9.13 Å². The number of alkyl halides is 1. The van der Waals surface area contributed by atoms with E-state index in [2.05, 4.69) is 69.5 Å². The van der Waals surface area contributed by atoms with E-state index in [-0.39, 0.29) is 0 Å². The van der Waals surface area contributed by atoms with Gasteiger partial charge < -0.3 is 0 Å². The van der Waals surface area contributed by atoms with Crippen molar-refractivity contribution in [3.05, 3.63) is 49.1 Å². The minimum Gasteiger partial charge on any atom is -0.208 e. The standard InChI is InChI=1S/C14H17BrN2/c1-16-9-3-13(4-10-16)14-5-11-17(12-6-14)8-2-7-15/h3-6,9-12H,2,7-8H2,1H3/q+2. The van der Waals surface area contributed by atoms with E-state index in [4.69, 9.17) is 0 Å². The van der Waals surface area contributed by atoms with Crippen molar-refractivity contribution in [3.63, 3.8) is 0 Å². The second-order valence-corrected chi connectivity index (χ2v) is 4.91. The van der Waals surface area contributed by atoms with E-state index in [0.29, 0.717) is 0 Å². The zero-order valence-corrected chi connectivity index (χ0v) is 11.6. The predicted molar refractivity (Wildman–Crippen MR) is 71.7 cm³/mol. The molecule has 17 heavy (non-hydrogen) atoms. The third-order valence-electron chi connectivity index (χ3n) is 2.75. The number of nitrogens with zero attached hydrogens (tertiary/aromatic N) is 2. The first-order valence-corrected chi connectivity index (χ1v) is 6.92. The van der Waals surface area contributed by atoms with Gasteiger partial charge in [-0.05, 0) is 11.1 Å². The summed E-state index contributed by atoms with van der Waals surface area (Å²) >= 11 is 3.45. The molecule has 2 aromatic heterocycles. The van der Waals surface area contributed by atoms with Gasteiger partial charge in [0.15, 0.2) is 24.8 Å². The molecule has 0 saturated carbocycles. The van der Waals surface area contributed by atoms with E-state index in [1.165, 1.54) is 11.1 Å². The molecule has 0 aliphatic rings. The van der Waals surface area contributed by atoms with Crippen LogP contribution in [0, 0.1) is 0 Å². The highest BCUT2D eigenvalue weighted by molar-refractivity contribution is 9.09. The average Bonchev–Trinajstić information content (AvgIpc) is 2.38. The van der Waals surface area contributed by atoms with Crippen LogP contribution < -0.4 is 9.13 Å². The van der Waals surface area contributed by atoms with Crippen molar-refractivity contribution in [1.82, 2.24) is 0 Å². The highest BCUT2D eigenvalue weighted by atomic mass is 79.9. The van der Waals surface area contributed by atoms with Crippen LogP contribution >= 0.6 is 15.9 Å². The van der Waals surface area contributed by atoms with Crippen LogP contribution in [0.1, 0.15) is 6.42 Å². The molecule has 2 nitrogen and oxygen atoms in total. The van der Waals surface area contributed by atoms with Gasteiger partial charge in [-0.15, -0.1) is 0 Å². The molecule has 0 aliphatic carbocycles. The van der Waals surface area contributed by atoms with Gasteiger partial charge in [0, 0.05) is 36.0 Å². The van der Waals surface area contributed by atoms with Gasteiger partial charge in [0.05, 0.1) is 0 Å². The number of halogens is 1. The number of aromatic nitrogens is 2. The minimum atomic E-state index is 1.05. The third-order valence-corrected chi connectivity index (χ3v) is 3.31. The van der Waals surface area contributed by atoms with Crippen molar-refractivity contribution >= 4 is 15.9 Å². The number of hydrogen-bond acceptors (Lipinski definition) is 0. The fourth-order valence-corrected chi connectivity index (χ4v) is 1.99. The first-order chi connectivity index (χ1) is 8.29. The Morgan fingerprint density at radius 1 is 0.941 bits per heavy atom. The molecule has 0 fully saturated rings. The van der Waals surface area contributed by atoms with Crippen LogP contribution in [0.4, 0.5) is 0 Å². The Morgan fingerprint density at radius 3 is 2.00 bits per heavy atom. The third kappa shape index (κ3) is 3.37. The molecule has 2 rings (SSSR count). The van der Waals surface area contributed by atoms with Crippen LogP contribution in [-0.2, 0) is 13.6 Å². The molecule has 0 amide bonds. The predicted octanol–water partition coefficient (Wildman–Crippen LogP) is 2.25. The second kappa shape index (κ2) is 5.92. The van der Waals surface area contributed by atoms with Crippen LogP contribution in [0.2, 0.25) is 0 Å². The molecule has 0 radical (unpaired) electrons. The average molecular weight is 293 g/mol. The Balaban J connectivity index is 2.14. The fourth-order valence-electron chi connectivity index (χ4n) is 1.73. The van der Waals surface area contributed by atoms with Crippen molar-refractivity contribution in [2.24, 2.45) is 7.05 Å². The maximum atomic E-state index is 3.45. The Bertz CT molecular complexity index is 463. The van der Waals surface area contributed by atoms with Crippen LogP contribution in [0.3, 0.4) is 0 Å². The molecule has 88 valence electrons. The number of aryl methyl sites for hydroxylation is 2. The molecule has 0 bridgehead atoms. The summed E-state index contributed by atoms with van der Waals surface area (Å²) in [5, 5.41) is 1.05. The zero-order valence-electron chi connectivity index (χ0n) is 10.0. The van der Waals surface area contributed by atoms with Crippen molar-refractivity contribution in [2.45, 2.75) is 13.0 Å². The van der Waals surface area contributed by atoms with E-state index < -0.39 is 0 Å². The van der Waals surface area contributed by atoms with Crippen molar-refractivity contribution in [1.29, 1.82) is 0 Å². The Morgan fingerprint density at radius 2 is 1.47 bits per heavy atom. The van der Waals surface area contributed by atoms with Crippen LogP contribution in [0.15, 0.2) is 49.1 Å². The Labute approximate surface area is 111 Å². The molecule has 0 spiro atoms. The molecule has 0 N–H and O–H groups in total. The SMILES string of the molecule is C[n+]1ccc(-c2cc[n+](CCCBr)cc2)cc1. The number of pyridine rings is 2. The molecular formula is C14H17BrN2+2. The van der Waals surface area contributed by atoms with Crippen molar-refractivity contribution < 1.29 is 9.13 Å². The lowest BCUT2D eigenvalue weighted by Gasteiger charge is -1.99. The summed E-state index contributed by atoms with van der Waals surface area (Å²) < 4.78 is 4.26. The number of rotatable bonds is 4. The quantitative estimate of drug-likeness (QED) is 0.603. The van der Waals surface area contributed by atoms with Crippen molar-refractivity contribution in [3.8, 4) is 11.1 Å². The smallest absolute Gasteiger partial charge is 0.169 e. The fraction of sp³-hybridized carbons (Fsp3) is 0.286. The van der Waals surface area contributed by atoms with Gasteiger partial charge in [-0.2, -0.15) is 0 Å². The lowest BCUT2D eigenvalue weighted by molar-refractivity contribution is -0.696. The van der Waals surface area contributed by atoms with E-state index in [1.807, 2.05) is 11.6 Å².